The third-order valence-corrected chi connectivity index (χ3v) is 4.94. The molecule has 0 saturated carbocycles. The number of nitrogens with one attached hydrogen (secondary N) is 1. The maximum absolute atomic E-state index is 11.8. The molecule has 0 radical (unpaired) electrons. The second-order valence-corrected chi connectivity index (χ2v) is 6.17. The smallest absolute Gasteiger partial charge is 0.216 e. The van der Waals surface area contributed by atoms with Crippen molar-refractivity contribution in [2.45, 2.75) is 31.1 Å². The lowest BCUT2D eigenvalue weighted by molar-refractivity contribution is 0.406. The first-order valence-corrected chi connectivity index (χ1v) is 6.94. The van der Waals surface area contributed by atoms with Crippen LogP contribution in [0.1, 0.15) is 19.8 Å². The first kappa shape index (κ1) is 12.9. The Morgan fingerprint density at radius 3 is 2.67 bits per heavy atom. The van der Waals surface area contributed by atoms with E-state index < -0.39 is 15.3 Å². The molecule has 1 aliphatic rings. The van der Waals surface area contributed by atoms with Crippen molar-refractivity contribution in [3.8, 4) is 0 Å². The summed E-state index contributed by atoms with van der Waals surface area (Å²) in [6, 6.07) is 0.0561. The fourth-order valence-corrected chi connectivity index (χ4v) is 3.41. The molecule has 0 bridgehead atoms. The van der Waals surface area contributed by atoms with Gasteiger partial charge in [-0.15, -0.1) is 0 Å². The molecule has 1 rings (SSSR count). The molecule has 1 fully saturated rings. The Kier molecular flexibility index (Phi) is 4.51. The lowest BCUT2D eigenvalue weighted by Crippen LogP contribution is -2.44. The van der Waals surface area contributed by atoms with Crippen LogP contribution in [0.3, 0.4) is 0 Å². The lowest BCUT2D eigenvalue weighted by Gasteiger charge is -2.18. The molecule has 0 amide bonds. The van der Waals surface area contributed by atoms with Gasteiger partial charge in [-0.05, 0) is 26.4 Å². The molecule has 5 nitrogen and oxygen atoms in total. The summed E-state index contributed by atoms with van der Waals surface area (Å²) in [5, 5.41) is -0.455. The topological polar surface area (TPSA) is 75.4 Å². The molecule has 0 spiro atoms. The third-order valence-electron chi connectivity index (χ3n) is 2.88. The number of hydrogen-bond donors (Lipinski definition) is 2. The van der Waals surface area contributed by atoms with Gasteiger partial charge < -0.3 is 10.6 Å². The molecular weight excluding hydrogens is 214 g/mol. The number of nitrogens with two attached hydrogens (primary N) is 1. The molecular formula is C9H21N3O2S. The molecule has 0 aliphatic carbocycles. The SMILES string of the molecule is CCC(CN)S(=O)(=O)NC1CCN(C)C1. The van der Waals surface area contributed by atoms with E-state index in [1.807, 2.05) is 14.0 Å². The van der Waals surface area contributed by atoms with Crippen LogP contribution in [0.25, 0.3) is 0 Å². The lowest BCUT2D eigenvalue weighted by atomic mass is 10.3. The normalized spacial score (nSPS) is 25.7. The molecule has 90 valence electrons. The number of likely N-dealkylation sites (tertiary alicyclic amines) is 1. The molecule has 0 aromatic heterocycles. The minimum Gasteiger partial charge on any atom is -0.329 e. The Bertz CT molecular complexity index is 288. The van der Waals surface area contributed by atoms with Crippen LogP contribution in [-0.2, 0) is 10.0 Å². The third kappa shape index (κ3) is 3.41. The quantitative estimate of drug-likeness (QED) is 0.664. The van der Waals surface area contributed by atoms with Gasteiger partial charge in [-0.2, -0.15) is 0 Å². The number of sulfonamides is 1. The van der Waals surface area contributed by atoms with Crippen molar-refractivity contribution in [1.82, 2.24) is 9.62 Å². The minimum absolute atomic E-state index is 0.0561. The van der Waals surface area contributed by atoms with Crippen LogP contribution < -0.4 is 10.5 Å². The zero-order chi connectivity index (χ0) is 11.5. The Balaban J connectivity index is 2.56. The summed E-state index contributed by atoms with van der Waals surface area (Å²) in [7, 11) is -1.24. The average Bonchev–Trinajstić information content (AvgIpc) is 2.51. The van der Waals surface area contributed by atoms with E-state index in [1.54, 1.807) is 0 Å². The standard InChI is InChI=1S/C9H21N3O2S/c1-3-9(6-10)15(13,14)11-8-4-5-12(2)7-8/h8-9,11H,3-7,10H2,1-2H3. The summed E-state index contributed by atoms with van der Waals surface area (Å²) in [5.74, 6) is 0. The van der Waals surface area contributed by atoms with E-state index in [4.69, 9.17) is 5.73 Å². The van der Waals surface area contributed by atoms with Crippen molar-refractivity contribution in [3.05, 3.63) is 0 Å². The number of nitrogens with zero attached hydrogens (tertiary/aromatic N) is 1. The maximum Gasteiger partial charge on any atom is 0.216 e. The van der Waals surface area contributed by atoms with Crippen molar-refractivity contribution in [3.63, 3.8) is 0 Å². The van der Waals surface area contributed by atoms with E-state index in [0.717, 1.165) is 19.5 Å². The average molecular weight is 235 g/mol. The van der Waals surface area contributed by atoms with E-state index in [9.17, 15) is 8.42 Å². The molecule has 2 atom stereocenters. The Hall–Kier alpha value is -0.170. The highest BCUT2D eigenvalue weighted by molar-refractivity contribution is 7.90. The zero-order valence-corrected chi connectivity index (χ0v) is 10.3. The predicted octanol–water partition coefficient (Wildman–Crippen LogP) is -0.653. The highest BCUT2D eigenvalue weighted by atomic mass is 32.2. The number of rotatable bonds is 5. The van der Waals surface area contributed by atoms with Crippen LogP contribution in [-0.4, -0.2) is 51.3 Å². The molecule has 0 aromatic carbocycles. The van der Waals surface area contributed by atoms with Crippen LogP contribution in [0.15, 0.2) is 0 Å². The molecule has 15 heavy (non-hydrogen) atoms. The fraction of sp³-hybridized carbons (Fsp3) is 1.00. The summed E-state index contributed by atoms with van der Waals surface area (Å²) < 4.78 is 26.4. The van der Waals surface area contributed by atoms with E-state index in [0.29, 0.717) is 6.42 Å². The minimum atomic E-state index is -3.23. The van der Waals surface area contributed by atoms with Gasteiger partial charge in [-0.1, -0.05) is 6.92 Å². The molecule has 1 heterocycles. The molecule has 0 aromatic rings. The van der Waals surface area contributed by atoms with Crippen LogP contribution >= 0.6 is 0 Å². The van der Waals surface area contributed by atoms with Crippen LogP contribution in [0.4, 0.5) is 0 Å². The van der Waals surface area contributed by atoms with Crippen LogP contribution in [0, 0.1) is 0 Å². The summed E-state index contributed by atoms with van der Waals surface area (Å²) in [6.45, 7) is 3.78. The van der Waals surface area contributed by atoms with Crippen LogP contribution in [0.5, 0.6) is 0 Å². The fourth-order valence-electron chi connectivity index (χ4n) is 1.87. The highest BCUT2D eigenvalue weighted by Gasteiger charge is 2.28. The van der Waals surface area contributed by atoms with Crippen molar-refractivity contribution in [2.75, 3.05) is 26.7 Å². The second kappa shape index (κ2) is 5.25. The van der Waals surface area contributed by atoms with Gasteiger partial charge in [0.05, 0.1) is 5.25 Å². The largest absolute Gasteiger partial charge is 0.329 e. The summed E-state index contributed by atoms with van der Waals surface area (Å²) >= 11 is 0. The molecule has 6 heteroatoms. The van der Waals surface area contributed by atoms with Gasteiger partial charge in [-0.3, -0.25) is 0 Å². The summed E-state index contributed by atoms with van der Waals surface area (Å²) in [5.41, 5.74) is 5.44. The van der Waals surface area contributed by atoms with Gasteiger partial charge in [0.15, 0.2) is 0 Å². The van der Waals surface area contributed by atoms with Gasteiger partial charge >= 0.3 is 0 Å². The summed E-state index contributed by atoms with van der Waals surface area (Å²) in [6.07, 6.45) is 1.45. The second-order valence-electron chi connectivity index (χ2n) is 4.18. The van der Waals surface area contributed by atoms with Crippen molar-refractivity contribution in [1.29, 1.82) is 0 Å². The van der Waals surface area contributed by atoms with E-state index >= 15 is 0 Å². The Morgan fingerprint density at radius 1 is 1.60 bits per heavy atom. The first-order valence-electron chi connectivity index (χ1n) is 5.39. The predicted molar refractivity (Wildman–Crippen MR) is 61.1 cm³/mol. The van der Waals surface area contributed by atoms with Crippen LogP contribution in [0.2, 0.25) is 0 Å². The maximum atomic E-state index is 11.8. The van der Waals surface area contributed by atoms with Gasteiger partial charge in [0.1, 0.15) is 0 Å². The first-order chi connectivity index (χ1) is 6.99. The van der Waals surface area contributed by atoms with Gasteiger partial charge in [0.2, 0.25) is 10.0 Å². The Morgan fingerprint density at radius 2 is 2.27 bits per heavy atom. The molecule has 1 aliphatic heterocycles. The Labute approximate surface area is 92.1 Å². The van der Waals surface area contributed by atoms with E-state index in [-0.39, 0.29) is 12.6 Å². The summed E-state index contributed by atoms with van der Waals surface area (Å²) in [4.78, 5) is 2.12. The molecule has 3 N–H and O–H groups in total. The van der Waals surface area contributed by atoms with E-state index in [2.05, 4.69) is 9.62 Å². The van der Waals surface area contributed by atoms with Crippen molar-refractivity contribution >= 4 is 10.0 Å². The van der Waals surface area contributed by atoms with Crippen molar-refractivity contribution < 1.29 is 8.42 Å². The van der Waals surface area contributed by atoms with Gasteiger partial charge in [0.25, 0.3) is 0 Å². The van der Waals surface area contributed by atoms with E-state index in [1.165, 1.54) is 0 Å². The van der Waals surface area contributed by atoms with Gasteiger partial charge in [-0.25, -0.2) is 13.1 Å². The van der Waals surface area contributed by atoms with Gasteiger partial charge in [0, 0.05) is 19.1 Å². The molecule has 2 unspecified atom stereocenters. The monoisotopic (exact) mass is 235 g/mol. The molecule has 1 saturated heterocycles. The number of hydrogen-bond acceptors (Lipinski definition) is 4. The zero-order valence-electron chi connectivity index (χ0n) is 9.44. The number of likely N-dealkylation sites (N-methyl/N-ethyl adjacent to an activating group) is 1. The highest BCUT2D eigenvalue weighted by Crippen LogP contribution is 2.10. The van der Waals surface area contributed by atoms with Crippen molar-refractivity contribution in [2.24, 2.45) is 5.73 Å².